The van der Waals surface area contributed by atoms with E-state index in [-0.39, 0.29) is 0 Å². The van der Waals surface area contributed by atoms with Gasteiger partial charge in [0.2, 0.25) is 0 Å². The van der Waals surface area contributed by atoms with Crippen molar-refractivity contribution in [2.75, 3.05) is 6.54 Å². The third-order valence-electron chi connectivity index (χ3n) is 1.61. The molecule has 0 unspecified atom stereocenters. The molecule has 0 aliphatic rings. The molecular weight excluding hydrogens is 207 g/mol. The fraction of sp³-hybridized carbons (Fsp3) is 0.444. The predicted molar refractivity (Wildman–Crippen MR) is 56.3 cm³/mol. The quantitative estimate of drug-likeness (QED) is 0.622. The van der Waals surface area contributed by atoms with Crippen LogP contribution in [0.15, 0.2) is 12.3 Å². The van der Waals surface area contributed by atoms with Gasteiger partial charge >= 0.3 is 0 Å². The number of halogens is 2. The summed E-state index contributed by atoms with van der Waals surface area (Å²) in [4.78, 5) is 3.95. The van der Waals surface area contributed by atoms with Crippen molar-refractivity contribution < 1.29 is 0 Å². The molecule has 1 aromatic rings. The van der Waals surface area contributed by atoms with Gasteiger partial charge in [0.05, 0.1) is 5.02 Å². The Labute approximate surface area is 88.3 Å². The minimum Gasteiger partial charge on any atom is -0.313 e. The maximum absolute atomic E-state index is 5.80. The minimum atomic E-state index is 0.362. The average molecular weight is 219 g/mol. The predicted octanol–water partition coefficient (Wildman–Crippen LogP) is 2.89. The number of nitrogens with zero attached hydrogens (tertiary/aromatic N) is 1. The molecule has 0 fully saturated rings. The summed E-state index contributed by atoms with van der Waals surface area (Å²) in [6, 6.07) is 1.83. The molecule has 1 N–H and O–H groups in total. The summed E-state index contributed by atoms with van der Waals surface area (Å²) in [5, 5.41) is 4.13. The first-order valence-electron chi connectivity index (χ1n) is 4.24. The van der Waals surface area contributed by atoms with E-state index < -0.39 is 0 Å². The molecule has 0 bridgehead atoms. The normalized spacial score (nSPS) is 10.4. The van der Waals surface area contributed by atoms with Crippen LogP contribution in [0.1, 0.15) is 18.9 Å². The lowest BCUT2D eigenvalue weighted by Gasteiger charge is -2.03. The summed E-state index contributed by atoms with van der Waals surface area (Å²) in [5.74, 6) is 0. The van der Waals surface area contributed by atoms with Gasteiger partial charge in [0.1, 0.15) is 5.15 Å². The first-order valence-corrected chi connectivity index (χ1v) is 5.00. The Morgan fingerprint density at radius 1 is 1.46 bits per heavy atom. The van der Waals surface area contributed by atoms with Gasteiger partial charge < -0.3 is 5.32 Å². The van der Waals surface area contributed by atoms with E-state index in [4.69, 9.17) is 23.2 Å². The SMILES string of the molecule is CCCNCc1cnc(Cl)c(Cl)c1. The van der Waals surface area contributed by atoms with Gasteiger partial charge in [-0.15, -0.1) is 0 Å². The van der Waals surface area contributed by atoms with E-state index >= 15 is 0 Å². The van der Waals surface area contributed by atoms with Gasteiger partial charge in [-0.2, -0.15) is 0 Å². The lowest BCUT2D eigenvalue weighted by atomic mass is 10.3. The molecule has 0 atom stereocenters. The number of aromatic nitrogens is 1. The van der Waals surface area contributed by atoms with E-state index in [0.717, 1.165) is 25.1 Å². The number of pyridine rings is 1. The van der Waals surface area contributed by atoms with Gasteiger partial charge in [-0.1, -0.05) is 30.1 Å². The molecule has 0 aliphatic carbocycles. The molecule has 1 aromatic heterocycles. The van der Waals surface area contributed by atoms with E-state index in [2.05, 4.69) is 17.2 Å². The molecule has 0 radical (unpaired) electrons. The second-order valence-electron chi connectivity index (χ2n) is 2.79. The van der Waals surface area contributed by atoms with Crippen molar-refractivity contribution in [3.8, 4) is 0 Å². The lowest BCUT2D eigenvalue weighted by Crippen LogP contribution is -2.13. The maximum atomic E-state index is 5.80. The van der Waals surface area contributed by atoms with E-state index in [1.54, 1.807) is 6.20 Å². The molecule has 2 nitrogen and oxygen atoms in total. The number of rotatable bonds is 4. The van der Waals surface area contributed by atoms with Crippen molar-refractivity contribution in [1.29, 1.82) is 0 Å². The molecule has 13 heavy (non-hydrogen) atoms. The zero-order valence-electron chi connectivity index (χ0n) is 7.48. The van der Waals surface area contributed by atoms with Gasteiger partial charge in [-0.25, -0.2) is 4.98 Å². The molecule has 1 heterocycles. The summed E-state index contributed by atoms with van der Waals surface area (Å²) in [6.45, 7) is 3.91. The second kappa shape index (κ2) is 5.43. The summed E-state index contributed by atoms with van der Waals surface area (Å²) in [5.41, 5.74) is 1.06. The van der Waals surface area contributed by atoms with Crippen LogP contribution in [0.25, 0.3) is 0 Å². The van der Waals surface area contributed by atoms with Crippen molar-refractivity contribution in [1.82, 2.24) is 10.3 Å². The van der Waals surface area contributed by atoms with Crippen LogP contribution in [0.3, 0.4) is 0 Å². The first kappa shape index (κ1) is 10.8. The molecule has 0 saturated heterocycles. The van der Waals surface area contributed by atoms with E-state index in [9.17, 15) is 0 Å². The van der Waals surface area contributed by atoms with Crippen LogP contribution in [0.2, 0.25) is 10.2 Å². The van der Waals surface area contributed by atoms with E-state index in [1.807, 2.05) is 6.07 Å². The lowest BCUT2D eigenvalue weighted by molar-refractivity contribution is 0.674. The average Bonchev–Trinajstić information content (AvgIpc) is 2.12. The fourth-order valence-electron chi connectivity index (χ4n) is 0.967. The molecule has 1 rings (SSSR count). The fourth-order valence-corrected chi connectivity index (χ4v) is 1.26. The van der Waals surface area contributed by atoms with Crippen molar-refractivity contribution >= 4 is 23.2 Å². The zero-order chi connectivity index (χ0) is 9.68. The van der Waals surface area contributed by atoms with Gasteiger partial charge in [0.25, 0.3) is 0 Å². The third kappa shape index (κ3) is 3.51. The van der Waals surface area contributed by atoms with Gasteiger partial charge in [-0.05, 0) is 24.6 Å². The van der Waals surface area contributed by atoms with E-state index in [0.29, 0.717) is 10.2 Å². The Bertz CT molecular complexity index is 276. The molecule has 72 valence electrons. The highest BCUT2D eigenvalue weighted by atomic mass is 35.5. The summed E-state index contributed by atoms with van der Waals surface area (Å²) in [7, 11) is 0. The molecule has 4 heteroatoms. The molecule has 0 aliphatic heterocycles. The molecule has 0 saturated carbocycles. The topological polar surface area (TPSA) is 24.9 Å². The van der Waals surface area contributed by atoms with Crippen LogP contribution >= 0.6 is 23.2 Å². The molecule has 0 aromatic carbocycles. The molecule has 0 amide bonds. The van der Waals surface area contributed by atoms with Gasteiger partial charge in [0, 0.05) is 12.7 Å². The van der Waals surface area contributed by atoms with Crippen molar-refractivity contribution in [2.24, 2.45) is 0 Å². The third-order valence-corrected chi connectivity index (χ3v) is 2.29. The molecule has 0 spiro atoms. The van der Waals surface area contributed by atoms with Crippen LogP contribution in [0.5, 0.6) is 0 Å². The first-order chi connectivity index (χ1) is 6.24. The Kier molecular flexibility index (Phi) is 4.50. The zero-order valence-corrected chi connectivity index (χ0v) is 8.99. The number of hydrogen-bond acceptors (Lipinski definition) is 2. The highest BCUT2D eigenvalue weighted by Crippen LogP contribution is 2.19. The van der Waals surface area contributed by atoms with Crippen LogP contribution in [0.4, 0.5) is 0 Å². The standard InChI is InChI=1S/C9H12Cl2N2/c1-2-3-12-5-7-4-8(10)9(11)13-6-7/h4,6,12H,2-3,5H2,1H3. The van der Waals surface area contributed by atoms with Gasteiger partial charge in [-0.3, -0.25) is 0 Å². The summed E-state index contributed by atoms with van der Waals surface area (Å²) >= 11 is 11.5. The Morgan fingerprint density at radius 3 is 2.85 bits per heavy atom. The monoisotopic (exact) mass is 218 g/mol. The van der Waals surface area contributed by atoms with Crippen LogP contribution < -0.4 is 5.32 Å². The Balaban J connectivity index is 2.53. The minimum absolute atomic E-state index is 0.362. The highest BCUT2D eigenvalue weighted by Gasteiger charge is 1.99. The summed E-state index contributed by atoms with van der Waals surface area (Å²) in [6.07, 6.45) is 2.85. The Morgan fingerprint density at radius 2 is 2.23 bits per heavy atom. The van der Waals surface area contributed by atoms with E-state index in [1.165, 1.54) is 0 Å². The second-order valence-corrected chi connectivity index (χ2v) is 3.56. The van der Waals surface area contributed by atoms with Crippen molar-refractivity contribution in [2.45, 2.75) is 19.9 Å². The largest absolute Gasteiger partial charge is 0.313 e. The molecular formula is C9H12Cl2N2. The smallest absolute Gasteiger partial charge is 0.147 e. The van der Waals surface area contributed by atoms with Crippen molar-refractivity contribution in [3.63, 3.8) is 0 Å². The Hall–Kier alpha value is -0.310. The summed E-state index contributed by atoms with van der Waals surface area (Å²) < 4.78 is 0. The van der Waals surface area contributed by atoms with Crippen LogP contribution in [-0.2, 0) is 6.54 Å². The number of hydrogen-bond donors (Lipinski definition) is 1. The van der Waals surface area contributed by atoms with Crippen LogP contribution in [0, 0.1) is 0 Å². The highest BCUT2D eigenvalue weighted by molar-refractivity contribution is 6.41. The maximum Gasteiger partial charge on any atom is 0.147 e. The van der Waals surface area contributed by atoms with Crippen LogP contribution in [-0.4, -0.2) is 11.5 Å². The van der Waals surface area contributed by atoms with Crippen molar-refractivity contribution in [3.05, 3.63) is 28.0 Å². The van der Waals surface area contributed by atoms with Gasteiger partial charge in [0.15, 0.2) is 0 Å². The number of nitrogens with one attached hydrogen (secondary N) is 1.